The Morgan fingerprint density at radius 3 is 2.67 bits per heavy atom. The number of phosphoric acid groups is 1. The van der Waals surface area contributed by atoms with Crippen molar-refractivity contribution in [1.29, 1.82) is 0 Å². The van der Waals surface area contributed by atoms with Gasteiger partial charge in [-0.1, -0.05) is 13.8 Å². The monoisotopic (exact) mass is 430 g/mol. The first-order chi connectivity index (χ1) is 14.3. The number of anilines is 1. The van der Waals surface area contributed by atoms with E-state index in [-0.39, 0.29) is 11.2 Å². The number of likely N-dealkylation sites (N-methyl/N-ethyl adjacent to an activating group) is 1. The Kier molecular flexibility index (Phi) is 5.38. The molecule has 0 saturated carbocycles. The van der Waals surface area contributed by atoms with Gasteiger partial charge in [0.15, 0.2) is 5.43 Å². The van der Waals surface area contributed by atoms with Crippen LogP contribution in [0, 0.1) is 0 Å². The van der Waals surface area contributed by atoms with E-state index in [9.17, 15) is 9.36 Å². The number of rotatable bonds is 8. The number of hydrogen-bond acceptors (Lipinski definition) is 6. The summed E-state index contributed by atoms with van der Waals surface area (Å²) in [6.45, 7) is 7.63. The summed E-state index contributed by atoms with van der Waals surface area (Å²) in [5.41, 5.74) is 2.46. The summed E-state index contributed by atoms with van der Waals surface area (Å²) in [5.74, 6) is -0.0674. The van der Waals surface area contributed by atoms with E-state index < -0.39 is 7.82 Å². The van der Waals surface area contributed by atoms with E-state index >= 15 is 0 Å². The van der Waals surface area contributed by atoms with Crippen molar-refractivity contribution in [2.45, 2.75) is 13.8 Å². The van der Waals surface area contributed by atoms with Gasteiger partial charge >= 0.3 is 7.82 Å². The zero-order valence-corrected chi connectivity index (χ0v) is 17.6. The summed E-state index contributed by atoms with van der Waals surface area (Å²) in [7, 11) is -4.73. The molecule has 0 spiro atoms. The van der Waals surface area contributed by atoms with Crippen molar-refractivity contribution in [1.82, 2.24) is 14.3 Å². The lowest BCUT2D eigenvalue weighted by Crippen LogP contribution is -2.28. The number of fused-ring (bicyclic) bond motifs is 2. The fourth-order valence-corrected chi connectivity index (χ4v) is 4.18. The normalized spacial score (nSPS) is 12.4. The number of nitrogens with zero attached hydrogens (tertiary/aromatic N) is 3. The van der Waals surface area contributed by atoms with Crippen molar-refractivity contribution in [3.8, 4) is 5.75 Å². The molecular formula is C20H23N4O5P. The maximum atomic E-state index is 13.4. The van der Waals surface area contributed by atoms with E-state index in [1.807, 2.05) is 16.5 Å². The lowest BCUT2D eigenvalue weighted by molar-refractivity contribution is 0.283. The lowest BCUT2D eigenvalue weighted by atomic mass is 10.1. The van der Waals surface area contributed by atoms with Crippen LogP contribution in [0.15, 0.2) is 41.5 Å². The van der Waals surface area contributed by atoms with Crippen LogP contribution < -0.4 is 15.3 Å². The molecule has 2 aromatic heterocycles. The number of hydrogen-bond donors (Lipinski definition) is 3. The minimum absolute atomic E-state index is 0.0674. The van der Waals surface area contributed by atoms with E-state index in [0.29, 0.717) is 39.6 Å². The van der Waals surface area contributed by atoms with Crippen LogP contribution >= 0.6 is 7.82 Å². The molecule has 2 aromatic carbocycles. The molecule has 4 aromatic rings. The summed E-state index contributed by atoms with van der Waals surface area (Å²) in [4.78, 5) is 38.3. The SMILES string of the molecule is CCN(CC)CCNc1ccc2ncn3c4ccc(OP(=O)(O)O)cc4c(=O)c1c23. The van der Waals surface area contributed by atoms with Crippen LogP contribution in [0.5, 0.6) is 5.75 Å². The Morgan fingerprint density at radius 1 is 1.20 bits per heavy atom. The average Bonchev–Trinajstić information content (AvgIpc) is 3.13. The highest BCUT2D eigenvalue weighted by molar-refractivity contribution is 7.46. The average molecular weight is 430 g/mol. The highest BCUT2D eigenvalue weighted by Crippen LogP contribution is 2.38. The molecule has 0 fully saturated rings. The Morgan fingerprint density at radius 2 is 1.97 bits per heavy atom. The fourth-order valence-electron chi connectivity index (χ4n) is 3.79. The van der Waals surface area contributed by atoms with Crippen LogP contribution in [-0.2, 0) is 4.57 Å². The van der Waals surface area contributed by atoms with Crippen molar-refractivity contribution in [3.05, 3.63) is 46.9 Å². The van der Waals surface area contributed by atoms with Gasteiger partial charge in [0.05, 0.1) is 27.3 Å². The third kappa shape index (κ3) is 3.73. The molecule has 158 valence electrons. The van der Waals surface area contributed by atoms with Crippen molar-refractivity contribution in [2.75, 3.05) is 31.5 Å². The maximum absolute atomic E-state index is 13.4. The summed E-state index contributed by atoms with van der Waals surface area (Å²) in [5, 5.41) is 4.15. The first-order valence-electron chi connectivity index (χ1n) is 9.73. The first-order valence-corrected chi connectivity index (χ1v) is 11.3. The molecule has 0 atom stereocenters. The van der Waals surface area contributed by atoms with E-state index in [1.54, 1.807) is 12.4 Å². The molecule has 0 aliphatic rings. The zero-order chi connectivity index (χ0) is 21.5. The molecule has 0 saturated heterocycles. The Hall–Kier alpha value is -2.71. The number of pyridine rings is 1. The third-order valence-corrected chi connectivity index (χ3v) is 5.72. The van der Waals surface area contributed by atoms with Gasteiger partial charge in [0.2, 0.25) is 0 Å². The van der Waals surface area contributed by atoms with Gasteiger partial charge in [0.1, 0.15) is 12.1 Å². The molecule has 2 heterocycles. The van der Waals surface area contributed by atoms with Crippen LogP contribution in [0.2, 0.25) is 0 Å². The maximum Gasteiger partial charge on any atom is 0.524 e. The van der Waals surface area contributed by atoms with Gasteiger partial charge in [0, 0.05) is 18.8 Å². The number of phosphoric ester groups is 1. The smallest absolute Gasteiger partial charge is 0.404 e. The van der Waals surface area contributed by atoms with Gasteiger partial charge in [-0.2, -0.15) is 0 Å². The van der Waals surface area contributed by atoms with Gasteiger partial charge in [-0.25, -0.2) is 9.55 Å². The molecule has 10 heteroatoms. The highest BCUT2D eigenvalue weighted by Gasteiger charge is 2.20. The van der Waals surface area contributed by atoms with Crippen LogP contribution in [0.4, 0.5) is 5.69 Å². The molecular weight excluding hydrogens is 407 g/mol. The van der Waals surface area contributed by atoms with Gasteiger partial charge in [0.25, 0.3) is 0 Å². The highest BCUT2D eigenvalue weighted by atomic mass is 31.2. The molecule has 4 rings (SSSR count). The summed E-state index contributed by atoms with van der Waals surface area (Å²) >= 11 is 0. The van der Waals surface area contributed by atoms with Crippen LogP contribution in [0.3, 0.4) is 0 Å². The van der Waals surface area contributed by atoms with Gasteiger partial charge < -0.3 is 14.7 Å². The van der Waals surface area contributed by atoms with Crippen LogP contribution in [0.1, 0.15) is 13.8 Å². The van der Waals surface area contributed by atoms with Crippen molar-refractivity contribution in [3.63, 3.8) is 0 Å². The predicted molar refractivity (Wildman–Crippen MR) is 117 cm³/mol. The number of imidazole rings is 1. The summed E-state index contributed by atoms with van der Waals surface area (Å²) < 4.78 is 17.7. The van der Waals surface area contributed by atoms with Crippen molar-refractivity contribution >= 4 is 40.8 Å². The predicted octanol–water partition coefficient (Wildman–Crippen LogP) is 2.66. The number of nitrogens with one attached hydrogen (secondary N) is 1. The fraction of sp³-hybridized carbons (Fsp3) is 0.300. The molecule has 0 aliphatic carbocycles. The van der Waals surface area contributed by atoms with Gasteiger partial charge in [-0.15, -0.1) is 0 Å². The second-order valence-corrected chi connectivity index (χ2v) is 8.18. The quantitative estimate of drug-likeness (QED) is 0.289. The second-order valence-electron chi connectivity index (χ2n) is 7.01. The van der Waals surface area contributed by atoms with Gasteiger partial charge in [-0.05, 0) is 43.4 Å². The molecule has 0 amide bonds. The van der Waals surface area contributed by atoms with Crippen LogP contribution in [0.25, 0.3) is 27.3 Å². The lowest BCUT2D eigenvalue weighted by Gasteiger charge is -2.19. The van der Waals surface area contributed by atoms with E-state index in [2.05, 4.69) is 33.6 Å². The Bertz CT molecular complexity index is 1310. The molecule has 0 unspecified atom stereocenters. The summed E-state index contributed by atoms with van der Waals surface area (Å²) in [6.07, 6.45) is 1.64. The zero-order valence-electron chi connectivity index (χ0n) is 16.7. The standard InChI is InChI=1S/C20H23N4O5P/c1-3-23(4-2)10-9-21-15-6-7-16-19-18(15)20(25)14-11-13(29-30(26,27)28)5-8-17(14)24(19)12-22-16/h5-8,11-12,21H,3-4,9-10H2,1-2H3,(H2,26,27,28). The third-order valence-electron chi connectivity index (χ3n) is 5.27. The first kappa shape index (κ1) is 20.6. The van der Waals surface area contributed by atoms with E-state index in [4.69, 9.17) is 9.79 Å². The minimum Gasteiger partial charge on any atom is -0.404 e. The molecule has 3 N–H and O–H groups in total. The molecule has 9 nitrogen and oxygen atoms in total. The topological polar surface area (TPSA) is 116 Å². The summed E-state index contributed by atoms with van der Waals surface area (Å²) in [6, 6.07) is 8.10. The molecule has 0 aliphatic heterocycles. The number of benzene rings is 2. The van der Waals surface area contributed by atoms with E-state index in [1.165, 1.54) is 12.1 Å². The Balaban J connectivity index is 1.85. The minimum atomic E-state index is -4.73. The largest absolute Gasteiger partial charge is 0.524 e. The van der Waals surface area contributed by atoms with Crippen molar-refractivity contribution in [2.24, 2.45) is 0 Å². The van der Waals surface area contributed by atoms with Crippen molar-refractivity contribution < 1.29 is 18.9 Å². The second kappa shape index (κ2) is 7.85. The number of aromatic nitrogens is 2. The molecule has 0 bridgehead atoms. The molecule has 0 radical (unpaired) electrons. The van der Waals surface area contributed by atoms with Gasteiger partial charge in [-0.3, -0.25) is 19.0 Å². The van der Waals surface area contributed by atoms with E-state index in [0.717, 1.165) is 19.6 Å². The van der Waals surface area contributed by atoms with Crippen LogP contribution in [-0.4, -0.2) is 50.3 Å². The Labute approximate surface area is 172 Å². The molecule has 30 heavy (non-hydrogen) atoms.